The summed E-state index contributed by atoms with van der Waals surface area (Å²) < 4.78 is 34.2. The van der Waals surface area contributed by atoms with Crippen molar-refractivity contribution in [3.05, 3.63) is 89.5 Å². The third-order valence-electron chi connectivity index (χ3n) is 6.95. The number of nitrogens with zero attached hydrogens (tertiary/aromatic N) is 2. The van der Waals surface area contributed by atoms with Gasteiger partial charge in [-0.1, -0.05) is 55.0 Å². The minimum Gasteiger partial charge on any atom is -0.497 e. The molecule has 0 saturated carbocycles. The number of rotatable bonds is 12. The molecule has 40 heavy (non-hydrogen) atoms. The van der Waals surface area contributed by atoms with E-state index in [1.54, 1.807) is 63.4 Å². The number of sulfonamides is 1. The van der Waals surface area contributed by atoms with Gasteiger partial charge in [0.2, 0.25) is 11.8 Å². The molecule has 0 aliphatic heterocycles. The SMILES string of the molecule is CCC(C)NC(=O)C(C)N(Cc1ccc(OC)cc1)C(=O)CN(c1ccccc1C)S(=O)(=O)c1ccc(C)cc1. The summed E-state index contributed by atoms with van der Waals surface area (Å²) in [6.07, 6.45) is 0.737. The molecule has 9 heteroatoms. The van der Waals surface area contributed by atoms with Gasteiger partial charge < -0.3 is 15.0 Å². The maximum Gasteiger partial charge on any atom is 0.264 e. The topological polar surface area (TPSA) is 96.0 Å². The Balaban J connectivity index is 2.03. The van der Waals surface area contributed by atoms with Gasteiger partial charge in [-0.2, -0.15) is 0 Å². The van der Waals surface area contributed by atoms with Crippen molar-refractivity contribution >= 4 is 27.5 Å². The molecule has 0 radical (unpaired) electrons. The highest BCUT2D eigenvalue weighted by atomic mass is 32.2. The second-order valence-electron chi connectivity index (χ2n) is 9.97. The van der Waals surface area contributed by atoms with Crippen molar-refractivity contribution in [3.63, 3.8) is 0 Å². The molecule has 0 fully saturated rings. The number of nitrogens with one attached hydrogen (secondary N) is 1. The molecular formula is C31H39N3O5S. The summed E-state index contributed by atoms with van der Waals surface area (Å²) in [5.41, 5.74) is 2.80. The number of methoxy groups -OCH3 is 1. The normalized spacial score (nSPS) is 12.8. The molecule has 2 unspecified atom stereocenters. The summed E-state index contributed by atoms with van der Waals surface area (Å²) in [6, 6.07) is 19.8. The lowest BCUT2D eigenvalue weighted by atomic mass is 10.1. The van der Waals surface area contributed by atoms with Gasteiger partial charge in [-0.15, -0.1) is 0 Å². The van der Waals surface area contributed by atoms with E-state index in [2.05, 4.69) is 5.32 Å². The Labute approximate surface area is 238 Å². The Hall–Kier alpha value is -3.85. The first-order valence-electron chi connectivity index (χ1n) is 13.4. The van der Waals surface area contributed by atoms with E-state index in [0.717, 1.165) is 21.9 Å². The molecule has 0 bridgehead atoms. The monoisotopic (exact) mass is 565 g/mol. The maximum atomic E-state index is 14.0. The Morgan fingerprint density at radius 2 is 1.55 bits per heavy atom. The highest BCUT2D eigenvalue weighted by Gasteiger charge is 2.33. The first-order chi connectivity index (χ1) is 19.0. The van der Waals surface area contributed by atoms with E-state index in [1.165, 1.54) is 17.0 Å². The molecule has 2 atom stereocenters. The van der Waals surface area contributed by atoms with Gasteiger partial charge in [-0.3, -0.25) is 13.9 Å². The lowest BCUT2D eigenvalue weighted by Crippen LogP contribution is -2.52. The minimum absolute atomic E-state index is 0.0710. The van der Waals surface area contributed by atoms with Crippen LogP contribution in [0.2, 0.25) is 0 Å². The van der Waals surface area contributed by atoms with E-state index >= 15 is 0 Å². The first-order valence-corrected chi connectivity index (χ1v) is 14.8. The molecule has 3 aromatic carbocycles. The fraction of sp³-hybridized carbons (Fsp3) is 0.355. The van der Waals surface area contributed by atoms with Crippen LogP contribution in [-0.4, -0.2) is 50.9 Å². The number of aryl methyl sites for hydroxylation is 2. The van der Waals surface area contributed by atoms with Gasteiger partial charge in [-0.25, -0.2) is 8.42 Å². The summed E-state index contributed by atoms with van der Waals surface area (Å²) in [5.74, 6) is -0.138. The molecule has 0 spiro atoms. The molecule has 0 saturated heterocycles. The fourth-order valence-electron chi connectivity index (χ4n) is 4.17. The number of carbonyl (C=O) groups is 2. The summed E-state index contributed by atoms with van der Waals surface area (Å²) in [5, 5.41) is 2.94. The number of amides is 2. The zero-order valence-corrected chi connectivity index (χ0v) is 24.9. The second-order valence-corrected chi connectivity index (χ2v) is 11.8. The molecule has 1 N–H and O–H groups in total. The van der Waals surface area contributed by atoms with Crippen LogP contribution in [0, 0.1) is 13.8 Å². The number of anilines is 1. The summed E-state index contributed by atoms with van der Waals surface area (Å²) in [6.45, 7) is 8.84. The standard InChI is InChI=1S/C31H39N3O5S/c1-7-24(4)32-31(36)25(5)33(20-26-14-16-27(39-6)17-15-26)30(35)21-34(29-11-9-8-10-23(29)3)40(37,38)28-18-12-22(2)13-19-28/h8-19,24-25H,7,20-21H2,1-6H3,(H,32,36). The van der Waals surface area contributed by atoms with Crippen LogP contribution in [0.3, 0.4) is 0 Å². The van der Waals surface area contributed by atoms with E-state index in [1.807, 2.05) is 39.0 Å². The van der Waals surface area contributed by atoms with Crippen LogP contribution in [0.1, 0.15) is 43.9 Å². The first kappa shape index (κ1) is 30.7. The van der Waals surface area contributed by atoms with Gasteiger partial charge in [0.25, 0.3) is 10.0 Å². The molecule has 8 nitrogen and oxygen atoms in total. The third-order valence-corrected chi connectivity index (χ3v) is 8.73. The summed E-state index contributed by atoms with van der Waals surface area (Å²) in [7, 11) is -2.53. The van der Waals surface area contributed by atoms with Gasteiger partial charge in [0.1, 0.15) is 18.3 Å². The molecule has 0 aliphatic rings. The van der Waals surface area contributed by atoms with E-state index in [0.29, 0.717) is 17.0 Å². The summed E-state index contributed by atoms with van der Waals surface area (Å²) in [4.78, 5) is 28.7. The maximum absolute atomic E-state index is 14.0. The van der Waals surface area contributed by atoms with Gasteiger partial charge >= 0.3 is 0 Å². The largest absolute Gasteiger partial charge is 0.497 e. The van der Waals surface area contributed by atoms with Crippen LogP contribution >= 0.6 is 0 Å². The lowest BCUT2D eigenvalue weighted by Gasteiger charge is -2.33. The average molecular weight is 566 g/mol. The molecule has 3 rings (SSSR count). The number of hydrogen-bond donors (Lipinski definition) is 1. The molecule has 2 amide bonds. The van der Waals surface area contributed by atoms with Crippen molar-refractivity contribution in [1.82, 2.24) is 10.2 Å². The molecule has 0 aliphatic carbocycles. The van der Waals surface area contributed by atoms with Crippen molar-refractivity contribution < 1.29 is 22.7 Å². The number of carbonyl (C=O) groups excluding carboxylic acids is 2. The Morgan fingerprint density at radius 3 is 2.12 bits per heavy atom. The van der Waals surface area contributed by atoms with Gasteiger partial charge in [0.05, 0.1) is 17.7 Å². The van der Waals surface area contributed by atoms with Crippen molar-refractivity contribution in [2.75, 3.05) is 18.0 Å². The van der Waals surface area contributed by atoms with Crippen molar-refractivity contribution in [3.8, 4) is 5.75 Å². The molecule has 214 valence electrons. The molecular weight excluding hydrogens is 526 g/mol. The second kappa shape index (κ2) is 13.5. The number of para-hydroxylation sites is 1. The van der Waals surface area contributed by atoms with E-state index < -0.39 is 28.5 Å². The quantitative estimate of drug-likeness (QED) is 0.339. The highest BCUT2D eigenvalue weighted by molar-refractivity contribution is 7.92. The predicted molar refractivity (Wildman–Crippen MR) is 158 cm³/mol. The highest BCUT2D eigenvalue weighted by Crippen LogP contribution is 2.27. The van der Waals surface area contributed by atoms with Crippen molar-refractivity contribution in [2.45, 2.75) is 64.6 Å². The van der Waals surface area contributed by atoms with Crippen LogP contribution < -0.4 is 14.4 Å². The average Bonchev–Trinajstić information content (AvgIpc) is 2.95. The zero-order valence-electron chi connectivity index (χ0n) is 24.0. The molecule has 0 heterocycles. The zero-order chi connectivity index (χ0) is 29.4. The van der Waals surface area contributed by atoms with Crippen molar-refractivity contribution in [2.24, 2.45) is 0 Å². The van der Waals surface area contributed by atoms with E-state index in [-0.39, 0.29) is 23.4 Å². The van der Waals surface area contributed by atoms with Gasteiger partial charge in [0.15, 0.2) is 0 Å². The van der Waals surface area contributed by atoms with Crippen LogP contribution in [0.15, 0.2) is 77.7 Å². The predicted octanol–water partition coefficient (Wildman–Crippen LogP) is 4.84. The number of ether oxygens (including phenoxy) is 1. The number of benzene rings is 3. The minimum atomic E-state index is -4.10. The van der Waals surface area contributed by atoms with E-state index in [9.17, 15) is 18.0 Å². The summed E-state index contributed by atoms with van der Waals surface area (Å²) >= 11 is 0. The Bertz CT molecular complexity index is 1410. The van der Waals surface area contributed by atoms with Crippen molar-refractivity contribution in [1.29, 1.82) is 0 Å². The third kappa shape index (κ3) is 7.41. The smallest absolute Gasteiger partial charge is 0.264 e. The number of hydrogen-bond acceptors (Lipinski definition) is 5. The van der Waals surface area contributed by atoms with E-state index in [4.69, 9.17) is 4.74 Å². The van der Waals surface area contributed by atoms with Crippen LogP contribution in [0.25, 0.3) is 0 Å². The molecule has 0 aromatic heterocycles. The Morgan fingerprint density at radius 1 is 0.925 bits per heavy atom. The van der Waals surface area contributed by atoms with Crippen LogP contribution in [-0.2, 0) is 26.2 Å². The van der Waals surface area contributed by atoms with Crippen LogP contribution in [0.4, 0.5) is 5.69 Å². The molecule has 3 aromatic rings. The lowest BCUT2D eigenvalue weighted by molar-refractivity contribution is -0.139. The fourth-order valence-corrected chi connectivity index (χ4v) is 5.65. The Kier molecular flexibility index (Phi) is 10.3. The van der Waals surface area contributed by atoms with Crippen LogP contribution in [0.5, 0.6) is 5.75 Å². The van der Waals surface area contributed by atoms with Gasteiger partial charge in [-0.05, 0) is 75.6 Å². The van der Waals surface area contributed by atoms with Gasteiger partial charge in [0, 0.05) is 12.6 Å².